The number of hydrogen-bond donors (Lipinski definition) is 3. The Morgan fingerprint density at radius 1 is 1.50 bits per heavy atom. The second kappa shape index (κ2) is 5.46. The summed E-state index contributed by atoms with van der Waals surface area (Å²) in [5, 5.41) is 2.70. The van der Waals surface area contributed by atoms with Gasteiger partial charge in [-0.25, -0.2) is 4.39 Å². The average Bonchev–Trinajstić information content (AvgIpc) is 2.25. The lowest BCUT2D eigenvalue weighted by atomic mass is 10.1. The van der Waals surface area contributed by atoms with Crippen LogP contribution in [0.3, 0.4) is 0 Å². The first-order valence-electron chi connectivity index (χ1n) is 5.09. The van der Waals surface area contributed by atoms with Gasteiger partial charge in [-0.3, -0.25) is 10.6 Å². The highest BCUT2D eigenvalue weighted by atomic mass is 19.1. The molecule has 0 aliphatic carbocycles. The molecule has 1 aromatic carbocycles. The first kappa shape index (κ1) is 12.4. The van der Waals surface area contributed by atoms with E-state index in [1.165, 1.54) is 18.2 Å². The molecule has 0 spiro atoms. The van der Waals surface area contributed by atoms with Crippen molar-refractivity contribution in [3.05, 3.63) is 29.6 Å². The highest BCUT2D eigenvalue weighted by Gasteiger charge is 2.13. The Morgan fingerprint density at radius 2 is 2.19 bits per heavy atom. The number of rotatable bonds is 4. The average molecular weight is 225 g/mol. The molecule has 0 radical (unpaired) electrons. The maximum Gasteiger partial charge on any atom is 0.253 e. The van der Waals surface area contributed by atoms with Crippen molar-refractivity contribution >= 4 is 11.6 Å². The van der Waals surface area contributed by atoms with Gasteiger partial charge in [0.15, 0.2) is 0 Å². The minimum atomic E-state index is -0.542. The Hall–Kier alpha value is -1.62. The van der Waals surface area contributed by atoms with Gasteiger partial charge in [-0.2, -0.15) is 0 Å². The van der Waals surface area contributed by atoms with Gasteiger partial charge in [0.05, 0.1) is 11.3 Å². The molecule has 1 rings (SSSR count). The second-order valence-electron chi connectivity index (χ2n) is 3.91. The van der Waals surface area contributed by atoms with E-state index in [4.69, 9.17) is 5.84 Å². The summed E-state index contributed by atoms with van der Waals surface area (Å²) in [6.45, 7) is 4.50. The van der Waals surface area contributed by atoms with E-state index in [1.54, 1.807) is 0 Å². The fraction of sp³-hybridized carbons (Fsp3) is 0.364. The van der Waals surface area contributed by atoms with Crippen LogP contribution in [0.25, 0.3) is 0 Å². The second-order valence-corrected chi connectivity index (χ2v) is 3.91. The van der Waals surface area contributed by atoms with Crippen LogP contribution in [0.15, 0.2) is 18.2 Å². The number of hydrogen-bond acceptors (Lipinski definition) is 3. The van der Waals surface area contributed by atoms with Crippen molar-refractivity contribution in [1.29, 1.82) is 0 Å². The van der Waals surface area contributed by atoms with Crippen LogP contribution in [-0.4, -0.2) is 12.5 Å². The molecule has 16 heavy (non-hydrogen) atoms. The maximum atomic E-state index is 13.3. The Morgan fingerprint density at radius 3 is 2.75 bits per heavy atom. The molecule has 0 saturated carbocycles. The smallest absolute Gasteiger partial charge is 0.253 e. The molecule has 4 N–H and O–H groups in total. The molecule has 0 saturated heterocycles. The van der Waals surface area contributed by atoms with Crippen LogP contribution in [0.5, 0.6) is 0 Å². The number of nitrogens with two attached hydrogens (primary N) is 1. The molecule has 88 valence electrons. The monoisotopic (exact) mass is 225 g/mol. The van der Waals surface area contributed by atoms with Crippen molar-refractivity contribution < 1.29 is 9.18 Å². The largest absolute Gasteiger partial charge is 0.352 e. The van der Waals surface area contributed by atoms with E-state index in [2.05, 4.69) is 10.7 Å². The number of para-hydroxylation sites is 1. The topological polar surface area (TPSA) is 67.2 Å². The van der Waals surface area contributed by atoms with Gasteiger partial charge in [-0.15, -0.1) is 0 Å². The van der Waals surface area contributed by atoms with Crippen molar-refractivity contribution in [3.63, 3.8) is 0 Å². The summed E-state index contributed by atoms with van der Waals surface area (Å²) in [5.74, 6) is 4.64. The third-order valence-electron chi connectivity index (χ3n) is 2.07. The normalized spacial score (nSPS) is 10.3. The summed E-state index contributed by atoms with van der Waals surface area (Å²) in [4.78, 5) is 11.7. The summed E-state index contributed by atoms with van der Waals surface area (Å²) < 4.78 is 13.3. The maximum absolute atomic E-state index is 13.3. The van der Waals surface area contributed by atoms with Crippen molar-refractivity contribution in [3.8, 4) is 0 Å². The number of amides is 1. The van der Waals surface area contributed by atoms with E-state index >= 15 is 0 Å². The SMILES string of the molecule is CC(C)CNC(=O)c1cccc(F)c1NN. The van der Waals surface area contributed by atoms with Crippen LogP contribution in [0.4, 0.5) is 10.1 Å². The van der Waals surface area contributed by atoms with Gasteiger partial charge in [0.25, 0.3) is 5.91 Å². The first-order valence-corrected chi connectivity index (χ1v) is 5.09. The molecule has 0 heterocycles. The minimum Gasteiger partial charge on any atom is -0.352 e. The Kier molecular flexibility index (Phi) is 4.25. The number of benzene rings is 1. The number of anilines is 1. The number of carbonyl (C=O) groups is 1. The summed E-state index contributed by atoms with van der Waals surface area (Å²) in [5.41, 5.74) is 2.43. The molecule has 0 bridgehead atoms. The summed E-state index contributed by atoms with van der Waals surface area (Å²) in [6, 6.07) is 4.24. The van der Waals surface area contributed by atoms with Gasteiger partial charge in [0.2, 0.25) is 0 Å². The van der Waals surface area contributed by atoms with E-state index < -0.39 is 5.82 Å². The van der Waals surface area contributed by atoms with Crippen LogP contribution in [0, 0.1) is 11.7 Å². The van der Waals surface area contributed by atoms with E-state index in [0.717, 1.165) is 0 Å². The van der Waals surface area contributed by atoms with Gasteiger partial charge in [0.1, 0.15) is 5.82 Å². The molecule has 0 aliphatic heterocycles. The third kappa shape index (κ3) is 2.93. The Bertz CT molecular complexity index is 379. The summed E-state index contributed by atoms with van der Waals surface area (Å²) >= 11 is 0. The van der Waals surface area contributed by atoms with Crippen LogP contribution in [0.1, 0.15) is 24.2 Å². The predicted molar refractivity (Wildman–Crippen MR) is 61.4 cm³/mol. The molecule has 0 aromatic heterocycles. The Labute approximate surface area is 94.0 Å². The van der Waals surface area contributed by atoms with Crippen LogP contribution >= 0.6 is 0 Å². The molecule has 4 nitrogen and oxygen atoms in total. The third-order valence-corrected chi connectivity index (χ3v) is 2.07. The fourth-order valence-corrected chi connectivity index (χ4v) is 1.25. The molecular weight excluding hydrogens is 209 g/mol. The zero-order chi connectivity index (χ0) is 12.1. The lowest BCUT2D eigenvalue weighted by Crippen LogP contribution is -2.28. The number of carbonyl (C=O) groups excluding carboxylic acids is 1. The highest BCUT2D eigenvalue weighted by Crippen LogP contribution is 2.18. The van der Waals surface area contributed by atoms with Crippen molar-refractivity contribution in [2.45, 2.75) is 13.8 Å². The van der Waals surface area contributed by atoms with Crippen LogP contribution in [0.2, 0.25) is 0 Å². The number of hydrazine groups is 1. The van der Waals surface area contributed by atoms with Crippen LogP contribution in [-0.2, 0) is 0 Å². The standard InChI is InChI=1S/C11H16FN3O/c1-7(2)6-14-11(16)8-4-3-5-9(12)10(8)15-13/h3-5,7,15H,6,13H2,1-2H3,(H,14,16). The molecule has 0 unspecified atom stereocenters. The van der Waals surface area contributed by atoms with Crippen molar-refractivity contribution in [1.82, 2.24) is 5.32 Å². The van der Waals surface area contributed by atoms with E-state index in [0.29, 0.717) is 12.5 Å². The Balaban J connectivity index is 2.86. The fourth-order valence-electron chi connectivity index (χ4n) is 1.25. The molecule has 1 amide bonds. The summed E-state index contributed by atoms with van der Waals surface area (Å²) in [6.07, 6.45) is 0. The highest BCUT2D eigenvalue weighted by molar-refractivity contribution is 5.99. The van der Waals surface area contributed by atoms with Gasteiger partial charge in [-0.1, -0.05) is 19.9 Å². The quantitative estimate of drug-likeness (QED) is 0.537. The van der Waals surface area contributed by atoms with E-state index in [9.17, 15) is 9.18 Å². The molecular formula is C11H16FN3O. The van der Waals surface area contributed by atoms with Gasteiger partial charge in [0, 0.05) is 6.54 Å². The van der Waals surface area contributed by atoms with Crippen LogP contribution < -0.4 is 16.6 Å². The van der Waals surface area contributed by atoms with Crippen molar-refractivity contribution in [2.24, 2.45) is 11.8 Å². The van der Waals surface area contributed by atoms with E-state index in [1.807, 2.05) is 13.8 Å². The first-order chi connectivity index (χ1) is 7.56. The molecule has 0 aliphatic rings. The van der Waals surface area contributed by atoms with Gasteiger partial charge < -0.3 is 10.7 Å². The number of nitrogens with one attached hydrogen (secondary N) is 2. The molecule has 1 aromatic rings. The van der Waals surface area contributed by atoms with Crippen molar-refractivity contribution in [2.75, 3.05) is 12.0 Å². The molecule has 0 fully saturated rings. The lowest BCUT2D eigenvalue weighted by molar-refractivity contribution is 0.0949. The van der Waals surface area contributed by atoms with Gasteiger partial charge in [-0.05, 0) is 18.1 Å². The zero-order valence-corrected chi connectivity index (χ0v) is 9.38. The number of nitrogen functional groups attached to an aromatic ring is 1. The summed E-state index contributed by atoms with van der Waals surface area (Å²) in [7, 11) is 0. The predicted octanol–water partition coefficient (Wildman–Crippen LogP) is 1.50. The lowest BCUT2D eigenvalue weighted by Gasteiger charge is -2.11. The minimum absolute atomic E-state index is 0.0174. The molecule has 5 heteroatoms. The zero-order valence-electron chi connectivity index (χ0n) is 9.38. The molecule has 0 atom stereocenters. The van der Waals surface area contributed by atoms with E-state index in [-0.39, 0.29) is 17.2 Å². The number of halogens is 1. The van der Waals surface area contributed by atoms with Gasteiger partial charge >= 0.3 is 0 Å².